The number of hydrogen-bond donors (Lipinski definition) is 0. The molecule has 2 heterocycles. The lowest BCUT2D eigenvalue weighted by Crippen LogP contribution is -2.49. The summed E-state index contributed by atoms with van der Waals surface area (Å²) >= 11 is 0. The number of amides is 2. The first-order valence-corrected chi connectivity index (χ1v) is 8.88. The van der Waals surface area contributed by atoms with Gasteiger partial charge in [-0.2, -0.15) is 0 Å². The van der Waals surface area contributed by atoms with Gasteiger partial charge in [0, 0.05) is 57.4 Å². The SMILES string of the molecule is CC(=O)N1CCc2cc(C(=O)N3CCN(CC(C)C)CC3)ccc21. The predicted octanol–water partition coefficient (Wildman–Crippen LogP) is 2.01. The van der Waals surface area contributed by atoms with Gasteiger partial charge in [0.2, 0.25) is 5.91 Å². The summed E-state index contributed by atoms with van der Waals surface area (Å²) in [5.74, 6) is 0.838. The van der Waals surface area contributed by atoms with Gasteiger partial charge >= 0.3 is 0 Å². The molecule has 0 unspecified atom stereocenters. The molecule has 130 valence electrons. The summed E-state index contributed by atoms with van der Waals surface area (Å²) in [4.78, 5) is 30.6. The quantitative estimate of drug-likeness (QED) is 0.852. The minimum Gasteiger partial charge on any atom is -0.336 e. The highest BCUT2D eigenvalue weighted by Crippen LogP contribution is 2.29. The molecule has 0 N–H and O–H groups in total. The highest BCUT2D eigenvalue weighted by Gasteiger charge is 2.26. The van der Waals surface area contributed by atoms with Crippen LogP contribution in [0.5, 0.6) is 0 Å². The predicted molar refractivity (Wildman–Crippen MR) is 95.4 cm³/mol. The van der Waals surface area contributed by atoms with Crippen LogP contribution in [0.25, 0.3) is 0 Å². The van der Waals surface area contributed by atoms with E-state index in [4.69, 9.17) is 0 Å². The Morgan fingerprint density at radius 1 is 1.08 bits per heavy atom. The third-order valence-electron chi connectivity index (χ3n) is 4.88. The molecule has 24 heavy (non-hydrogen) atoms. The molecular formula is C19H27N3O2. The van der Waals surface area contributed by atoms with Crippen LogP contribution in [-0.2, 0) is 11.2 Å². The van der Waals surface area contributed by atoms with E-state index in [2.05, 4.69) is 18.7 Å². The van der Waals surface area contributed by atoms with Gasteiger partial charge < -0.3 is 9.80 Å². The van der Waals surface area contributed by atoms with Crippen molar-refractivity contribution in [3.63, 3.8) is 0 Å². The molecule has 1 aromatic rings. The Kier molecular flexibility index (Phi) is 4.90. The Labute approximate surface area is 144 Å². The molecule has 5 nitrogen and oxygen atoms in total. The molecular weight excluding hydrogens is 302 g/mol. The van der Waals surface area contributed by atoms with E-state index in [-0.39, 0.29) is 11.8 Å². The molecule has 3 rings (SSSR count). The first-order chi connectivity index (χ1) is 11.5. The molecule has 5 heteroatoms. The number of rotatable bonds is 3. The van der Waals surface area contributed by atoms with Crippen molar-refractivity contribution in [1.82, 2.24) is 9.80 Å². The van der Waals surface area contributed by atoms with Crippen LogP contribution in [0.1, 0.15) is 36.7 Å². The number of anilines is 1. The van der Waals surface area contributed by atoms with Crippen molar-refractivity contribution >= 4 is 17.5 Å². The number of piperazine rings is 1. The second kappa shape index (κ2) is 6.93. The Bertz CT molecular complexity index is 633. The monoisotopic (exact) mass is 329 g/mol. The van der Waals surface area contributed by atoms with E-state index >= 15 is 0 Å². The van der Waals surface area contributed by atoms with Crippen LogP contribution in [0.4, 0.5) is 5.69 Å². The van der Waals surface area contributed by atoms with Crippen molar-refractivity contribution in [3.05, 3.63) is 29.3 Å². The topological polar surface area (TPSA) is 43.9 Å². The molecule has 2 aliphatic heterocycles. The van der Waals surface area contributed by atoms with Gasteiger partial charge in [-0.05, 0) is 36.1 Å². The van der Waals surface area contributed by atoms with E-state index in [1.54, 1.807) is 11.8 Å². The Balaban J connectivity index is 1.66. The molecule has 0 radical (unpaired) electrons. The average Bonchev–Trinajstić information content (AvgIpc) is 2.97. The van der Waals surface area contributed by atoms with Crippen molar-refractivity contribution in [2.45, 2.75) is 27.2 Å². The van der Waals surface area contributed by atoms with Crippen molar-refractivity contribution in [3.8, 4) is 0 Å². The Morgan fingerprint density at radius 3 is 2.42 bits per heavy atom. The molecule has 0 aromatic heterocycles. The smallest absolute Gasteiger partial charge is 0.253 e. The standard InChI is InChI=1S/C19H27N3O2/c1-14(2)13-20-8-10-21(11-9-20)19(24)17-4-5-18-16(12-17)6-7-22(18)15(3)23/h4-5,12,14H,6-11,13H2,1-3H3. The van der Waals surface area contributed by atoms with Gasteiger partial charge in [-0.25, -0.2) is 0 Å². The fourth-order valence-electron chi connectivity index (χ4n) is 3.69. The van der Waals surface area contributed by atoms with Crippen LogP contribution >= 0.6 is 0 Å². The molecule has 1 aromatic carbocycles. The van der Waals surface area contributed by atoms with Crippen LogP contribution in [0.3, 0.4) is 0 Å². The van der Waals surface area contributed by atoms with Gasteiger partial charge in [-0.1, -0.05) is 13.8 Å². The maximum Gasteiger partial charge on any atom is 0.253 e. The van der Waals surface area contributed by atoms with Gasteiger partial charge in [0.15, 0.2) is 0 Å². The summed E-state index contributed by atoms with van der Waals surface area (Å²) in [6, 6.07) is 5.76. The lowest BCUT2D eigenvalue weighted by atomic mass is 10.1. The van der Waals surface area contributed by atoms with Gasteiger partial charge in [-0.15, -0.1) is 0 Å². The zero-order valence-corrected chi connectivity index (χ0v) is 14.9. The van der Waals surface area contributed by atoms with Crippen LogP contribution in [0.15, 0.2) is 18.2 Å². The summed E-state index contributed by atoms with van der Waals surface area (Å²) in [6.07, 6.45) is 0.832. The molecule has 2 aliphatic rings. The van der Waals surface area contributed by atoms with Crippen LogP contribution in [-0.4, -0.2) is 60.9 Å². The summed E-state index contributed by atoms with van der Waals surface area (Å²) in [5, 5.41) is 0. The maximum absolute atomic E-state index is 12.8. The van der Waals surface area contributed by atoms with Gasteiger partial charge in [0.1, 0.15) is 0 Å². The largest absolute Gasteiger partial charge is 0.336 e. The Morgan fingerprint density at radius 2 is 1.79 bits per heavy atom. The normalized spacial score (nSPS) is 18.2. The molecule has 2 amide bonds. The number of fused-ring (bicyclic) bond motifs is 1. The molecule has 1 saturated heterocycles. The molecule has 0 bridgehead atoms. The van der Waals surface area contributed by atoms with Crippen LogP contribution in [0, 0.1) is 5.92 Å². The highest BCUT2D eigenvalue weighted by molar-refractivity contribution is 5.97. The van der Waals surface area contributed by atoms with E-state index in [0.29, 0.717) is 5.92 Å². The molecule has 0 saturated carbocycles. The summed E-state index contributed by atoms with van der Waals surface area (Å²) < 4.78 is 0. The van der Waals surface area contributed by atoms with Crippen LogP contribution in [0.2, 0.25) is 0 Å². The summed E-state index contributed by atoms with van der Waals surface area (Å²) in [6.45, 7) is 11.4. The highest BCUT2D eigenvalue weighted by atomic mass is 16.2. The fourth-order valence-corrected chi connectivity index (χ4v) is 3.69. The lowest BCUT2D eigenvalue weighted by molar-refractivity contribution is -0.116. The third kappa shape index (κ3) is 3.46. The van der Waals surface area contributed by atoms with E-state index in [1.807, 2.05) is 23.1 Å². The first kappa shape index (κ1) is 17.0. The maximum atomic E-state index is 12.8. The summed E-state index contributed by atoms with van der Waals surface area (Å²) in [5.41, 5.74) is 2.81. The van der Waals surface area contributed by atoms with Crippen molar-refractivity contribution in [2.24, 2.45) is 5.92 Å². The van der Waals surface area contributed by atoms with Crippen LogP contribution < -0.4 is 4.90 Å². The minimum atomic E-state index is 0.0640. The van der Waals surface area contributed by atoms with E-state index in [0.717, 1.165) is 62.5 Å². The number of nitrogens with zero attached hydrogens (tertiary/aromatic N) is 3. The van der Waals surface area contributed by atoms with Crippen molar-refractivity contribution < 1.29 is 9.59 Å². The zero-order valence-electron chi connectivity index (χ0n) is 14.9. The molecule has 0 spiro atoms. The number of carbonyl (C=O) groups excluding carboxylic acids is 2. The number of benzene rings is 1. The lowest BCUT2D eigenvalue weighted by Gasteiger charge is -2.35. The second-order valence-electron chi connectivity index (χ2n) is 7.25. The zero-order chi connectivity index (χ0) is 17.3. The first-order valence-electron chi connectivity index (χ1n) is 8.88. The van der Waals surface area contributed by atoms with E-state index in [1.165, 1.54) is 0 Å². The van der Waals surface area contributed by atoms with Crippen molar-refractivity contribution in [2.75, 3.05) is 44.2 Å². The molecule has 0 aliphatic carbocycles. The van der Waals surface area contributed by atoms with Crippen molar-refractivity contribution in [1.29, 1.82) is 0 Å². The second-order valence-corrected chi connectivity index (χ2v) is 7.25. The van der Waals surface area contributed by atoms with E-state index in [9.17, 15) is 9.59 Å². The Hall–Kier alpha value is -1.88. The van der Waals surface area contributed by atoms with E-state index < -0.39 is 0 Å². The van der Waals surface area contributed by atoms with Gasteiger partial charge in [0.05, 0.1) is 0 Å². The fraction of sp³-hybridized carbons (Fsp3) is 0.579. The molecule has 1 fully saturated rings. The minimum absolute atomic E-state index is 0.0640. The number of carbonyl (C=O) groups is 2. The van der Waals surface area contributed by atoms with Gasteiger partial charge in [-0.3, -0.25) is 14.5 Å². The molecule has 0 atom stereocenters. The third-order valence-corrected chi connectivity index (χ3v) is 4.88. The summed E-state index contributed by atoms with van der Waals surface area (Å²) in [7, 11) is 0. The average molecular weight is 329 g/mol. The van der Waals surface area contributed by atoms with Gasteiger partial charge in [0.25, 0.3) is 5.91 Å². The number of hydrogen-bond acceptors (Lipinski definition) is 3.